The number of anilines is 1. The van der Waals surface area contributed by atoms with Crippen molar-refractivity contribution in [2.45, 2.75) is 6.42 Å². The summed E-state index contributed by atoms with van der Waals surface area (Å²) in [5.41, 5.74) is 1.65. The van der Waals surface area contributed by atoms with Crippen molar-refractivity contribution in [2.24, 2.45) is 0 Å². The second kappa shape index (κ2) is 7.66. The maximum atomic E-state index is 12.4. The summed E-state index contributed by atoms with van der Waals surface area (Å²) < 4.78 is 11.0. The molecule has 0 fully saturated rings. The van der Waals surface area contributed by atoms with E-state index in [0.717, 1.165) is 5.56 Å². The normalized spacial score (nSPS) is 12.4. The molecule has 0 aromatic heterocycles. The van der Waals surface area contributed by atoms with Crippen LogP contribution in [0.25, 0.3) is 0 Å². The van der Waals surface area contributed by atoms with Crippen LogP contribution in [-0.4, -0.2) is 44.0 Å². The number of rotatable bonds is 4. The molecule has 0 atom stereocenters. The van der Waals surface area contributed by atoms with Crippen molar-refractivity contribution in [1.82, 2.24) is 4.90 Å². The van der Waals surface area contributed by atoms with Gasteiger partial charge in [0.1, 0.15) is 13.2 Å². The summed E-state index contributed by atoms with van der Waals surface area (Å²) in [7, 11) is 3.33. The maximum Gasteiger partial charge on any atom is 0.253 e. The topological polar surface area (TPSA) is 67.9 Å². The van der Waals surface area contributed by atoms with E-state index in [2.05, 4.69) is 5.32 Å². The standard InChI is InChI=1S/C19H19ClN2O4/c1-22(2)19(24)13-4-5-14(20)15(11-13)21-18(23)10-12-3-6-16-17(9-12)26-8-7-25-16/h3-6,9,11H,7-8,10H2,1-2H3,(H,21,23). The molecule has 0 saturated carbocycles. The molecule has 7 heteroatoms. The number of hydrogen-bond acceptors (Lipinski definition) is 4. The summed E-state index contributed by atoms with van der Waals surface area (Å²) in [5, 5.41) is 3.13. The summed E-state index contributed by atoms with van der Waals surface area (Å²) in [4.78, 5) is 25.9. The minimum atomic E-state index is -0.238. The molecule has 1 aliphatic rings. The van der Waals surface area contributed by atoms with Crippen molar-refractivity contribution in [1.29, 1.82) is 0 Å². The molecule has 1 aliphatic heterocycles. The molecule has 0 saturated heterocycles. The zero-order chi connectivity index (χ0) is 18.7. The highest BCUT2D eigenvalue weighted by atomic mass is 35.5. The highest BCUT2D eigenvalue weighted by Crippen LogP contribution is 2.31. The number of hydrogen-bond donors (Lipinski definition) is 1. The average Bonchev–Trinajstić information content (AvgIpc) is 2.62. The first-order valence-electron chi connectivity index (χ1n) is 8.13. The van der Waals surface area contributed by atoms with Crippen LogP contribution in [0.5, 0.6) is 11.5 Å². The van der Waals surface area contributed by atoms with Crippen LogP contribution in [-0.2, 0) is 11.2 Å². The van der Waals surface area contributed by atoms with Crippen molar-refractivity contribution in [3.63, 3.8) is 0 Å². The molecule has 136 valence electrons. The van der Waals surface area contributed by atoms with Gasteiger partial charge in [-0.1, -0.05) is 17.7 Å². The van der Waals surface area contributed by atoms with Crippen LogP contribution < -0.4 is 14.8 Å². The zero-order valence-corrected chi connectivity index (χ0v) is 15.3. The SMILES string of the molecule is CN(C)C(=O)c1ccc(Cl)c(NC(=O)Cc2ccc3c(c2)OCCO3)c1. The summed E-state index contributed by atoms with van der Waals surface area (Å²) in [5.74, 6) is 0.915. The fourth-order valence-corrected chi connectivity index (χ4v) is 2.75. The smallest absolute Gasteiger partial charge is 0.253 e. The minimum Gasteiger partial charge on any atom is -0.486 e. The van der Waals surface area contributed by atoms with Gasteiger partial charge in [0.25, 0.3) is 5.91 Å². The Bertz CT molecular complexity index is 851. The molecule has 2 aromatic rings. The largest absolute Gasteiger partial charge is 0.486 e. The average molecular weight is 375 g/mol. The molecule has 2 aromatic carbocycles. The van der Waals surface area contributed by atoms with Gasteiger partial charge >= 0.3 is 0 Å². The van der Waals surface area contributed by atoms with E-state index in [1.165, 1.54) is 4.90 Å². The Morgan fingerprint density at radius 1 is 1.08 bits per heavy atom. The summed E-state index contributed by atoms with van der Waals surface area (Å²) in [6.07, 6.45) is 0.152. The second-order valence-electron chi connectivity index (χ2n) is 6.10. The molecular formula is C19H19ClN2O4. The number of nitrogens with zero attached hydrogens (tertiary/aromatic N) is 1. The van der Waals surface area contributed by atoms with Crippen LogP contribution in [0, 0.1) is 0 Å². The first-order valence-corrected chi connectivity index (χ1v) is 8.51. The van der Waals surface area contributed by atoms with Crippen molar-refractivity contribution >= 4 is 29.1 Å². The number of carbonyl (C=O) groups is 2. The number of carbonyl (C=O) groups excluding carboxylic acids is 2. The van der Waals surface area contributed by atoms with Crippen LogP contribution >= 0.6 is 11.6 Å². The third-order valence-electron chi connectivity index (χ3n) is 3.86. The molecule has 0 radical (unpaired) electrons. The van der Waals surface area contributed by atoms with Crippen molar-refractivity contribution in [2.75, 3.05) is 32.6 Å². The van der Waals surface area contributed by atoms with Gasteiger partial charge in [0, 0.05) is 19.7 Å². The summed E-state index contributed by atoms with van der Waals surface area (Å²) in [6.45, 7) is 1.01. The van der Waals surface area contributed by atoms with Crippen LogP contribution in [0.1, 0.15) is 15.9 Å². The Hall–Kier alpha value is -2.73. The van der Waals surface area contributed by atoms with Crippen molar-refractivity contribution in [3.05, 3.63) is 52.5 Å². The highest BCUT2D eigenvalue weighted by Gasteiger charge is 2.15. The van der Waals surface area contributed by atoms with E-state index in [1.54, 1.807) is 44.4 Å². The fraction of sp³-hybridized carbons (Fsp3) is 0.263. The third kappa shape index (κ3) is 4.08. The molecule has 1 heterocycles. The van der Waals surface area contributed by atoms with E-state index in [9.17, 15) is 9.59 Å². The van der Waals surface area contributed by atoms with Gasteiger partial charge in [-0.3, -0.25) is 9.59 Å². The first kappa shape index (κ1) is 18.1. The molecular weight excluding hydrogens is 356 g/mol. The predicted molar refractivity (Wildman–Crippen MR) is 99.2 cm³/mol. The van der Waals surface area contributed by atoms with Gasteiger partial charge in [-0.15, -0.1) is 0 Å². The first-order chi connectivity index (χ1) is 12.4. The summed E-state index contributed by atoms with van der Waals surface area (Å²) >= 11 is 6.15. The van der Waals surface area contributed by atoms with Gasteiger partial charge in [0.2, 0.25) is 5.91 Å². The lowest BCUT2D eigenvalue weighted by Gasteiger charge is -2.18. The van der Waals surface area contributed by atoms with E-state index in [1.807, 2.05) is 6.07 Å². The molecule has 0 unspecified atom stereocenters. The van der Waals surface area contributed by atoms with E-state index in [4.69, 9.17) is 21.1 Å². The molecule has 0 spiro atoms. The highest BCUT2D eigenvalue weighted by molar-refractivity contribution is 6.33. The minimum absolute atomic E-state index is 0.152. The molecule has 3 rings (SSSR count). The summed E-state index contributed by atoms with van der Waals surface area (Å²) in [6, 6.07) is 10.2. The van der Waals surface area contributed by atoms with E-state index < -0.39 is 0 Å². The number of fused-ring (bicyclic) bond motifs is 1. The van der Waals surface area contributed by atoms with Crippen molar-refractivity contribution < 1.29 is 19.1 Å². The number of nitrogens with one attached hydrogen (secondary N) is 1. The molecule has 2 amide bonds. The van der Waals surface area contributed by atoms with Crippen LogP contribution in [0.4, 0.5) is 5.69 Å². The third-order valence-corrected chi connectivity index (χ3v) is 4.19. The Labute approximate surface area is 156 Å². The number of benzene rings is 2. The van der Waals surface area contributed by atoms with Crippen LogP contribution in [0.2, 0.25) is 5.02 Å². The number of amides is 2. The monoisotopic (exact) mass is 374 g/mol. The maximum absolute atomic E-state index is 12.4. The predicted octanol–water partition coefficient (Wildman–Crippen LogP) is 2.99. The van der Waals surface area contributed by atoms with Crippen LogP contribution in [0.15, 0.2) is 36.4 Å². The fourth-order valence-electron chi connectivity index (χ4n) is 2.59. The Morgan fingerprint density at radius 3 is 2.54 bits per heavy atom. The number of halogens is 1. The Morgan fingerprint density at radius 2 is 1.81 bits per heavy atom. The van der Waals surface area contributed by atoms with Crippen LogP contribution in [0.3, 0.4) is 0 Å². The Balaban J connectivity index is 1.72. The van der Waals surface area contributed by atoms with Gasteiger partial charge < -0.3 is 19.7 Å². The van der Waals surface area contributed by atoms with E-state index in [-0.39, 0.29) is 18.2 Å². The van der Waals surface area contributed by atoms with Crippen molar-refractivity contribution in [3.8, 4) is 11.5 Å². The lowest BCUT2D eigenvalue weighted by atomic mass is 10.1. The number of ether oxygens (including phenoxy) is 2. The molecule has 1 N–H and O–H groups in total. The molecule has 0 bridgehead atoms. The molecule has 6 nitrogen and oxygen atoms in total. The Kier molecular flexibility index (Phi) is 5.32. The molecule has 0 aliphatic carbocycles. The van der Waals surface area contributed by atoms with Gasteiger partial charge in [0.05, 0.1) is 17.1 Å². The van der Waals surface area contributed by atoms with Gasteiger partial charge in [0.15, 0.2) is 11.5 Å². The van der Waals surface area contributed by atoms with Gasteiger partial charge in [-0.25, -0.2) is 0 Å². The lowest BCUT2D eigenvalue weighted by molar-refractivity contribution is -0.115. The van der Waals surface area contributed by atoms with E-state index >= 15 is 0 Å². The lowest BCUT2D eigenvalue weighted by Crippen LogP contribution is -2.22. The molecule has 26 heavy (non-hydrogen) atoms. The quantitative estimate of drug-likeness (QED) is 0.893. The van der Waals surface area contributed by atoms with Gasteiger partial charge in [-0.2, -0.15) is 0 Å². The van der Waals surface area contributed by atoms with E-state index in [0.29, 0.717) is 41.0 Å². The second-order valence-corrected chi connectivity index (χ2v) is 6.50. The van der Waals surface area contributed by atoms with Gasteiger partial charge in [-0.05, 0) is 35.9 Å². The zero-order valence-electron chi connectivity index (χ0n) is 14.5.